The first-order valence-corrected chi connectivity index (χ1v) is 24.6. The van der Waals surface area contributed by atoms with Gasteiger partial charge in [-0.3, -0.25) is 33.6 Å². The third-order valence-corrected chi connectivity index (χ3v) is 10.9. The number of benzene rings is 2. The Morgan fingerprint density at radius 2 is 0.915 bits per heavy atom. The van der Waals surface area contributed by atoms with E-state index >= 15 is 0 Å². The Labute approximate surface area is 429 Å². The molecule has 0 aromatic heterocycles. The zero-order chi connectivity index (χ0) is 56.4. The summed E-state index contributed by atoms with van der Waals surface area (Å²) in [5.41, 5.74) is 14.9. The van der Waals surface area contributed by atoms with Crippen molar-refractivity contribution < 1.29 is 38.7 Å². The molecule has 0 saturated heterocycles. The molecule has 7 unspecified atom stereocenters. The summed E-state index contributed by atoms with van der Waals surface area (Å²) in [6, 6.07) is 14.7. The van der Waals surface area contributed by atoms with Gasteiger partial charge in [0.05, 0.1) is 49.4 Å². The van der Waals surface area contributed by atoms with E-state index in [1.165, 1.54) is 6.92 Å². The summed E-state index contributed by atoms with van der Waals surface area (Å²) in [4.78, 5) is 75.2. The molecular weight excluding hydrogens is 903 g/mol. The Hall–Kier alpha value is -4.59. The number of aliphatic hydroxyl groups excluding tert-OH is 1. The Balaban J connectivity index is -0.000000243. The van der Waals surface area contributed by atoms with Crippen LogP contribution >= 0.6 is 0 Å². The van der Waals surface area contributed by atoms with Crippen LogP contribution in [0, 0.1) is 17.8 Å². The molecule has 71 heavy (non-hydrogen) atoms. The second kappa shape index (κ2) is 46.5. The van der Waals surface area contributed by atoms with Crippen LogP contribution in [0.5, 0.6) is 0 Å². The summed E-state index contributed by atoms with van der Waals surface area (Å²) in [7, 11) is 12.4. The minimum absolute atomic E-state index is 0.0324. The lowest BCUT2D eigenvalue weighted by Crippen LogP contribution is -2.37. The maximum absolute atomic E-state index is 11.2. The zero-order valence-electron chi connectivity index (χ0n) is 47.5. The molecule has 0 amide bonds. The van der Waals surface area contributed by atoms with E-state index in [9.17, 15) is 33.6 Å². The molecule has 0 aliphatic heterocycles. The second-order valence-corrected chi connectivity index (χ2v) is 18.1. The number of nitrogens with two attached hydrogens (primary N) is 2. The van der Waals surface area contributed by atoms with Gasteiger partial charge in [-0.1, -0.05) is 72.2 Å². The van der Waals surface area contributed by atoms with Gasteiger partial charge in [0.1, 0.15) is 40.5 Å². The largest absolute Gasteiger partial charge is 0.399 e. The molecule has 2 aromatic rings. The molecule has 0 fully saturated rings. The lowest BCUT2D eigenvalue weighted by atomic mass is 9.96. The van der Waals surface area contributed by atoms with E-state index in [4.69, 9.17) is 16.6 Å². The lowest BCUT2D eigenvalue weighted by molar-refractivity contribution is -0.120. The van der Waals surface area contributed by atoms with Gasteiger partial charge in [-0.05, 0) is 170 Å². The highest BCUT2D eigenvalue weighted by atomic mass is 16.3. The van der Waals surface area contributed by atoms with Crippen molar-refractivity contribution in [3.63, 3.8) is 0 Å². The number of anilines is 2. The first kappa shape index (κ1) is 75.3. The molecule has 17 heteroatoms. The molecule has 410 valence electrons. The predicted molar refractivity (Wildman–Crippen MR) is 296 cm³/mol. The van der Waals surface area contributed by atoms with Gasteiger partial charge in [0.2, 0.25) is 0 Å². The molecule has 2 rings (SSSR count). The molecule has 17 nitrogen and oxygen atoms in total. The average Bonchev–Trinajstić information content (AvgIpc) is 3.28. The van der Waals surface area contributed by atoms with E-state index in [0.29, 0.717) is 37.1 Å². The molecular formula is C54H101N9O8. The Morgan fingerprint density at radius 3 is 1.11 bits per heavy atom. The van der Waals surface area contributed by atoms with Crippen LogP contribution < -0.4 is 48.7 Å². The number of carbonyl (C=O) groups is 7. The van der Waals surface area contributed by atoms with Crippen LogP contribution in [-0.4, -0.2) is 144 Å². The second-order valence-electron chi connectivity index (χ2n) is 18.1. The van der Waals surface area contributed by atoms with Crippen molar-refractivity contribution in [2.75, 3.05) is 74.0 Å². The van der Waals surface area contributed by atoms with Crippen LogP contribution in [0.25, 0.3) is 0 Å². The summed E-state index contributed by atoms with van der Waals surface area (Å²) in [5.74, 6) is 2.56. The number of ketones is 7. The highest BCUT2D eigenvalue weighted by molar-refractivity contribution is 5.83. The van der Waals surface area contributed by atoms with Crippen LogP contribution in [-0.2, 0) is 46.4 Å². The number of aliphatic hydroxyl groups is 1. The highest BCUT2D eigenvalue weighted by Crippen LogP contribution is 2.11. The van der Waals surface area contributed by atoms with Crippen LogP contribution in [0.4, 0.5) is 11.4 Å². The quantitative estimate of drug-likeness (QED) is 0.0661. The van der Waals surface area contributed by atoms with E-state index in [1.807, 2.05) is 83.5 Å². The van der Waals surface area contributed by atoms with Crippen molar-refractivity contribution in [2.24, 2.45) is 17.8 Å². The average molecular weight is 1000 g/mol. The predicted octanol–water partition coefficient (Wildman–Crippen LogP) is 4.17. The van der Waals surface area contributed by atoms with Gasteiger partial charge in [0, 0.05) is 11.4 Å². The Bertz CT molecular complexity index is 1740. The molecule has 12 N–H and O–H groups in total. The standard InChI is InChI=1S/2C11H16N2O.2C8H17NO.C7H15NO.C5H11NO2.C4H9NO/c1-8(14)11(13-2)7-9-3-5-10(12)6-4-9;1-8(14)11(13-2)7-9-4-3-5-10(12)6-9;1-6(2)5-8(9-4)7(3)10;1-5-6(2)8(9-4)7(3)10;1-5(2)7(8-4)6(3)9;1-4(8)5(3-7)6-2;1-4(6)3-5-2/h2*3-6,11,13H,7,12H2,1-2H3;2*6,8-9H,5H2,1-4H3;5,7-8H,1-4H3;5-7H,3H2,1-2H3;5H,3H2,1-2H3. The van der Waals surface area contributed by atoms with Crippen LogP contribution in [0.3, 0.4) is 0 Å². The van der Waals surface area contributed by atoms with Crippen LogP contribution in [0.1, 0.15) is 114 Å². The number of likely N-dealkylation sites (N-methyl/N-ethyl adjacent to an activating group) is 7. The molecule has 0 heterocycles. The normalized spacial score (nSPS) is 13.1. The number of hydrogen-bond acceptors (Lipinski definition) is 17. The van der Waals surface area contributed by atoms with E-state index in [1.54, 1.807) is 69.7 Å². The molecule has 0 spiro atoms. The van der Waals surface area contributed by atoms with Crippen molar-refractivity contribution in [3.05, 3.63) is 59.7 Å². The number of nitrogen functional groups attached to an aromatic ring is 2. The summed E-state index contributed by atoms with van der Waals surface area (Å²) in [5, 5.41) is 28.7. The van der Waals surface area contributed by atoms with Crippen molar-refractivity contribution in [1.29, 1.82) is 0 Å². The van der Waals surface area contributed by atoms with Gasteiger partial charge in [-0.25, -0.2) is 0 Å². The first-order valence-electron chi connectivity index (χ1n) is 24.6. The van der Waals surface area contributed by atoms with Gasteiger partial charge in [-0.2, -0.15) is 0 Å². The van der Waals surface area contributed by atoms with Gasteiger partial charge in [0.15, 0.2) is 0 Å². The van der Waals surface area contributed by atoms with Gasteiger partial charge >= 0.3 is 0 Å². The van der Waals surface area contributed by atoms with Crippen molar-refractivity contribution >= 4 is 51.9 Å². The van der Waals surface area contributed by atoms with Gasteiger partial charge in [0.25, 0.3) is 0 Å². The summed E-state index contributed by atoms with van der Waals surface area (Å²) < 4.78 is 0. The highest BCUT2D eigenvalue weighted by Gasteiger charge is 2.18. The van der Waals surface area contributed by atoms with E-state index in [0.717, 1.165) is 35.3 Å². The SMILES string of the molecule is CCC(C)C(NC)C(C)=O.CNC(C(C)=O)C(C)C.CNC(CC(C)C)C(C)=O.CNC(CO)C(C)=O.CNC(Cc1ccc(N)cc1)C(C)=O.CNC(Cc1cccc(N)c1)C(C)=O.CNCC(C)=O. The Morgan fingerprint density at radius 1 is 0.507 bits per heavy atom. The maximum atomic E-state index is 11.2. The molecule has 0 aliphatic rings. The maximum Gasteiger partial charge on any atom is 0.149 e. The molecule has 0 saturated carbocycles. The number of rotatable bonds is 24. The van der Waals surface area contributed by atoms with Crippen molar-refractivity contribution in [1.82, 2.24) is 37.2 Å². The van der Waals surface area contributed by atoms with Crippen molar-refractivity contribution in [2.45, 2.75) is 152 Å². The zero-order valence-corrected chi connectivity index (χ0v) is 47.5. The molecule has 0 radical (unpaired) electrons. The molecule has 7 atom stereocenters. The van der Waals surface area contributed by atoms with E-state index < -0.39 is 0 Å². The summed E-state index contributed by atoms with van der Waals surface area (Å²) in [6.07, 6.45) is 3.39. The molecule has 0 aliphatic carbocycles. The number of nitrogens with one attached hydrogen (secondary N) is 7. The van der Waals surface area contributed by atoms with Crippen molar-refractivity contribution in [3.8, 4) is 0 Å². The summed E-state index contributed by atoms with van der Waals surface area (Å²) >= 11 is 0. The number of carbonyl (C=O) groups excluding carboxylic acids is 7. The van der Waals surface area contributed by atoms with Crippen LogP contribution in [0.15, 0.2) is 48.5 Å². The van der Waals surface area contributed by atoms with Crippen LogP contribution in [0.2, 0.25) is 0 Å². The fourth-order valence-corrected chi connectivity index (χ4v) is 6.50. The first-order chi connectivity index (χ1) is 33.0. The van der Waals surface area contributed by atoms with E-state index in [2.05, 4.69) is 64.9 Å². The Kier molecular flexibility index (Phi) is 49.3. The monoisotopic (exact) mass is 1000 g/mol. The third-order valence-electron chi connectivity index (χ3n) is 10.9. The third kappa shape index (κ3) is 42.8. The lowest BCUT2D eigenvalue weighted by Gasteiger charge is -2.18. The van der Waals surface area contributed by atoms with Gasteiger partial charge < -0.3 is 53.8 Å². The smallest absolute Gasteiger partial charge is 0.149 e. The fourth-order valence-electron chi connectivity index (χ4n) is 6.50. The number of hydrogen-bond donors (Lipinski definition) is 10. The topological polar surface area (TPSA) is 276 Å². The fraction of sp³-hybridized carbons (Fsp3) is 0.648. The molecule has 2 aromatic carbocycles. The van der Waals surface area contributed by atoms with E-state index in [-0.39, 0.29) is 83.3 Å². The minimum atomic E-state index is -0.380. The number of Topliss-reactive ketones (excluding diaryl/α,β-unsaturated/α-hetero) is 7. The molecule has 0 bridgehead atoms. The summed E-state index contributed by atoms with van der Waals surface area (Å²) in [6.45, 7) is 23.9. The minimum Gasteiger partial charge on any atom is -0.399 e. The van der Waals surface area contributed by atoms with Gasteiger partial charge in [-0.15, -0.1) is 0 Å².